The molecular weight excluding hydrogens is 330 g/mol. The third-order valence-electron chi connectivity index (χ3n) is 4.90. The van der Waals surface area contributed by atoms with E-state index in [1.54, 1.807) is 18.2 Å². The number of nitrogens with one attached hydrogen (secondary N) is 2. The number of rotatable bonds is 3. The van der Waals surface area contributed by atoms with Crippen molar-refractivity contribution in [1.82, 2.24) is 20.1 Å². The van der Waals surface area contributed by atoms with Crippen LogP contribution in [0.1, 0.15) is 12.8 Å². The maximum atomic E-state index is 12.5. The van der Waals surface area contributed by atoms with Gasteiger partial charge in [0.1, 0.15) is 5.75 Å². The molecule has 0 aliphatic carbocycles. The number of phenolic OH excluding ortho intramolecular Hbond substituents is 1. The fraction of sp³-hybridized carbons (Fsp3) is 0.316. The summed E-state index contributed by atoms with van der Waals surface area (Å²) in [6, 6.07) is 10.7. The molecule has 1 saturated heterocycles. The van der Waals surface area contributed by atoms with E-state index in [4.69, 9.17) is 0 Å². The van der Waals surface area contributed by atoms with Gasteiger partial charge in [0, 0.05) is 11.5 Å². The molecule has 0 saturated carbocycles. The van der Waals surface area contributed by atoms with Crippen LogP contribution in [0.5, 0.6) is 5.75 Å². The number of carbonyl (C=O) groups is 1. The number of likely N-dealkylation sites (tertiary alicyclic amines) is 1. The summed E-state index contributed by atoms with van der Waals surface area (Å²) in [4.78, 5) is 19.3. The Kier molecular flexibility index (Phi) is 4.30. The first kappa shape index (κ1) is 16.5. The minimum Gasteiger partial charge on any atom is -0.508 e. The van der Waals surface area contributed by atoms with Crippen molar-refractivity contribution in [3.63, 3.8) is 0 Å². The van der Waals surface area contributed by atoms with Crippen molar-refractivity contribution >= 4 is 22.8 Å². The third kappa shape index (κ3) is 3.25. The van der Waals surface area contributed by atoms with Gasteiger partial charge in [0.2, 0.25) is 5.91 Å². The van der Waals surface area contributed by atoms with Gasteiger partial charge < -0.3 is 15.3 Å². The number of anilines is 1. The molecule has 3 heterocycles. The van der Waals surface area contributed by atoms with E-state index in [1.807, 2.05) is 18.2 Å². The molecule has 4 rings (SSSR count). The number of hydrogen-bond acceptors (Lipinski definition) is 5. The van der Waals surface area contributed by atoms with E-state index in [1.165, 1.54) is 0 Å². The molecule has 7 heteroatoms. The highest BCUT2D eigenvalue weighted by molar-refractivity contribution is 6.00. The molecular formula is C19H21N5O2. The molecule has 1 aromatic carbocycles. The molecule has 0 unspecified atom stereocenters. The highest BCUT2D eigenvalue weighted by Crippen LogP contribution is 2.26. The van der Waals surface area contributed by atoms with E-state index in [2.05, 4.69) is 32.4 Å². The topological polar surface area (TPSA) is 94.1 Å². The number of H-pyrrole nitrogens is 1. The Hall–Kier alpha value is -2.93. The standard InChI is InChI=1S/C19H21N5O2/c1-24-9-7-12(8-10-24)19(26)21-18-15-5-6-16(20-17(15)22-23-18)13-3-2-4-14(25)11-13/h2-6,11-12,25H,7-10H2,1H3,(H2,20,21,22,23,26). The fourth-order valence-electron chi connectivity index (χ4n) is 3.32. The summed E-state index contributed by atoms with van der Waals surface area (Å²) >= 11 is 0. The molecule has 1 fully saturated rings. The van der Waals surface area contributed by atoms with Crippen molar-refractivity contribution in [3.8, 4) is 17.0 Å². The van der Waals surface area contributed by atoms with Crippen LogP contribution in [-0.4, -0.2) is 51.2 Å². The number of piperidine rings is 1. The summed E-state index contributed by atoms with van der Waals surface area (Å²) in [7, 11) is 2.07. The Balaban J connectivity index is 1.55. The molecule has 0 bridgehead atoms. The lowest BCUT2D eigenvalue weighted by Gasteiger charge is -2.27. The van der Waals surface area contributed by atoms with Crippen molar-refractivity contribution in [2.24, 2.45) is 5.92 Å². The van der Waals surface area contributed by atoms with E-state index in [0.29, 0.717) is 11.5 Å². The highest BCUT2D eigenvalue weighted by atomic mass is 16.3. The Bertz CT molecular complexity index is 944. The zero-order valence-electron chi connectivity index (χ0n) is 14.6. The first-order chi connectivity index (χ1) is 12.6. The van der Waals surface area contributed by atoms with Crippen molar-refractivity contribution < 1.29 is 9.90 Å². The average molecular weight is 351 g/mol. The second-order valence-electron chi connectivity index (χ2n) is 6.78. The first-order valence-corrected chi connectivity index (χ1v) is 8.74. The quantitative estimate of drug-likeness (QED) is 0.674. The van der Waals surface area contributed by atoms with Gasteiger partial charge in [-0.2, -0.15) is 5.10 Å². The molecule has 1 aliphatic heterocycles. The van der Waals surface area contributed by atoms with Crippen LogP contribution in [0.3, 0.4) is 0 Å². The van der Waals surface area contributed by atoms with Crippen LogP contribution in [0.2, 0.25) is 0 Å². The van der Waals surface area contributed by atoms with Crippen molar-refractivity contribution in [2.45, 2.75) is 12.8 Å². The molecule has 3 aromatic rings. The van der Waals surface area contributed by atoms with E-state index in [-0.39, 0.29) is 17.6 Å². The number of carbonyl (C=O) groups excluding carboxylic acids is 1. The molecule has 1 aliphatic rings. The summed E-state index contributed by atoms with van der Waals surface area (Å²) in [5.41, 5.74) is 2.15. The molecule has 26 heavy (non-hydrogen) atoms. The Labute approximate surface area is 151 Å². The van der Waals surface area contributed by atoms with Gasteiger partial charge in [0.25, 0.3) is 0 Å². The zero-order valence-corrected chi connectivity index (χ0v) is 14.6. The van der Waals surface area contributed by atoms with Gasteiger partial charge in [0.15, 0.2) is 11.5 Å². The van der Waals surface area contributed by atoms with Crippen molar-refractivity contribution in [1.29, 1.82) is 0 Å². The summed E-state index contributed by atoms with van der Waals surface area (Å²) in [6.45, 7) is 1.88. The van der Waals surface area contributed by atoms with Crippen molar-refractivity contribution in [2.75, 3.05) is 25.5 Å². The molecule has 2 aromatic heterocycles. The lowest BCUT2D eigenvalue weighted by atomic mass is 9.96. The zero-order chi connectivity index (χ0) is 18.1. The summed E-state index contributed by atoms with van der Waals surface area (Å²) in [5, 5.41) is 20.4. The smallest absolute Gasteiger partial charge is 0.228 e. The van der Waals surface area contributed by atoms with Crippen LogP contribution in [0.15, 0.2) is 36.4 Å². The molecule has 0 spiro atoms. The summed E-state index contributed by atoms with van der Waals surface area (Å²) < 4.78 is 0. The Morgan fingerprint density at radius 3 is 2.85 bits per heavy atom. The number of pyridine rings is 1. The van der Waals surface area contributed by atoms with Crippen LogP contribution in [0, 0.1) is 5.92 Å². The minimum atomic E-state index is 0.0172. The van der Waals surface area contributed by atoms with E-state index in [0.717, 1.165) is 42.6 Å². The summed E-state index contributed by atoms with van der Waals surface area (Å²) in [5.74, 6) is 0.750. The molecule has 0 atom stereocenters. The molecule has 7 nitrogen and oxygen atoms in total. The second-order valence-corrected chi connectivity index (χ2v) is 6.78. The Morgan fingerprint density at radius 2 is 2.08 bits per heavy atom. The lowest BCUT2D eigenvalue weighted by molar-refractivity contribution is -0.121. The number of hydrogen-bond donors (Lipinski definition) is 3. The number of benzene rings is 1. The largest absolute Gasteiger partial charge is 0.508 e. The van der Waals surface area contributed by atoms with Gasteiger partial charge in [-0.25, -0.2) is 4.98 Å². The summed E-state index contributed by atoms with van der Waals surface area (Å²) in [6.07, 6.45) is 1.73. The van der Waals surface area contributed by atoms with Gasteiger partial charge in [-0.3, -0.25) is 9.89 Å². The van der Waals surface area contributed by atoms with Crippen LogP contribution in [0.25, 0.3) is 22.3 Å². The van der Waals surface area contributed by atoms with Gasteiger partial charge in [-0.1, -0.05) is 12.1 Å². The van der Waals surface area contributed by atoms with Crippen LogP contribution in [0.4, 0.5) is 5.82 Å². The Morgan fingerprint density at radius 1 is 1.27 bits per heavy atom. The van der Waals surface area contributed by atoms with Crippen molar-refractivity contribution in [3.05, 3.63) is 36.4 Å². The second kappa shape index (κ2) is 6.76. The molecule has 0 radical (unpaired) electrons. The number of nitrogens with zero attached hydrogens (tertiary/aromatic N) is 3. The van der Waals surface area contributed by atoms with E-state index >= 15 is 0 Å². The van der Waals surface area contributed by atoms with Gasteiger partial charge in [0.05, 0.1) is 11.1 Å². The lowest BCUT2D eigenvalue weighted by Crippen LogP contribution is -2.36. The number of aromatic nitrogens is 3. The predicted octanol–water partition coefficient (Wildman–Crippen LogP) is 2.61. The van der Waals surface area contributed by atoms with E-state index < -0.39 is 0 Å². The fourth-order valence-corrected chi connectivity index (χ4v) is 3.32. The first-order valence-electron chi connectivity index (χ1n) is 8.74. The van der Waals surface area contributed by atoms with Gasteiger partial charge in [-0.15, -0.1) is 0 Å². The SMILES string of the molecule is CN1CCC(C(=O)Nc2n[nH]c3nc(-c4cccc(O)c4)ccc23)CC1. The van der Waals surface area contributed by atoms with Crippen LogP contribution in [-0.2, 0) is 4.79 Å². The van der Waals surface area contributed by atoms with Gasteiger partial charge in [-0.05, 0) is 57.2 Å². The third-order valence-corrected chi connectivity index (χ3v) is 4.90. The maximum absolute atomic E-state index is 12.5. The maximum Gasteiger partial charge on any atom is 0.228 e. The predicted molar refractivity (Wildman–Crippen MR) is 99.8 cm³/mol. The van der Waals surface area contributed by atoms with Gasteiger partial charge >= 0.3 is 0 Å². The highest BCUT2D eigenvalue weighted by Gasteiger charge is 2.24. The van der Waals surface area contributed by atoms with Crippen LogP contribution >= 0.6 is 0 Å². The normalized spacial score (nSPS) is 16.0. The molecule has 1 amide bonds. The number of amides is 1. The molecule has 134 valence electrons. The van der Waals surface area contributed by atoms with E-state index in [9.17, 15) is 9.90 Å². The number of aromatic hydroxyl groups is 1. The number of fused-ring (bicyclic) bond motifs is 1. The molecule has 3 N–H and O–H groups in total. The number of phenols is 1. The average Bonchev–Trinajstić information content (AvgIpc) is 3.04. The van der Waals surface area contributed by atoms with Crippen LogP contribution < -0.4 is 5.32 Å². The minimum absolute atomic E-state index is 0.0172. The monoisotopic (exact) mass is 351 g/mol. The number of aromatic amines is 1.